The van der Waals surface area contributed by atoms with Crippen LogP contribution in [0.1, 0.15) is 50.0 Å². The molecule has 0 spiro atoms. The monoisotopic (exact) mass is 461 g/mol. The molecule has 1 saturated heterocycles. The van der Waals surface area contributed by atoms with Gasteiger partial charge in [-0.3, -0.25) is 23.0 Å². The molecule has 1 aliphatic rings. The minimum atomic E-state index is -2.55. The Morgan fingerprint density at radius 3 is 2.44 bits per heavy atom. The van der Waals surface area contributed by atoms with Gasteiger partial charge in [0.2, 0.25) is 0 Å². The lowest BCUT2D eigenvalue weighted by Gasteiger charge is -2.44. The number of aromatic nitrogens is 2. The second kappa shape index (κ2) is 8.06. The highest BCUT2D eigenvalue weighted by Gasteiger charge is 2.35. The highest BCUT2D eigenvalue weighted by atomic mass is 32.3. The molecule has 0 bridgehead atoms. The number of rotatable bonds is 4. The highest BCUT2D eigenvalue weighted by molar-refractivity contribution is 8.24. The maximum absolute atomic E-state index is 13.8. The van der Waals surface area contributed by atoms with Crippen molar-refractivity contribution in [3.63, 3.8) is 0 Å². The van der Waals surface area contributed by atoms with E-state index in [4.69, 9.17) is 0 Å². The third kappa shape index (κ3) is 4.20. The van der Waals surface area contributed by atoms with Gasteiger partial charge in [0, 0.05) is 28.6 Å². The van der Waals surface area contributed by atoms with Crippen molar-refractivity contribution in [3.05, 3.63) is 64.3 Å². The fourth-order valence-electron chi connectivity index (χ4n) is 4.20. The van der Waals surface area contributed by atoms with Crippen LogP contribution in [0.5, 0.6) is 0 Å². The average Bonchev–Trinajstić information content (AvgIpc) is 3.01. The van der Waals surface area contributed by atoms with Gasteiger partial charge in [-0.2, -0.15) is 10.6 Å². The zero-order valence-corrected chi connectivity index (χ0v) is 19.2. The number of nitrogens with one attached hydrogen (secondary N) is 1. The number of fused-ring (bicyclic) bond motifs is 1. The van der Waals surface area contributed by atoms with E-state index in [1.54, 1.807) is 34.9 Å². The van der Waals surface area contributed by atoms with E-state index in [0.29, 0.717) is 35.1 Å². The van der Waals surface area contributed by atoms with Crippen LogP contribution in [0.25, 0.3) is 16.7 Å². The molecule has 0 unspecified atom stereocenters. The minimum absolute atomic E-state index is 0.167. The molecule has 3 aromatic rings. The first-order valence-corrected chi connectivity index (χ1v) is 12.5. The largest absolute Gasteiger partial charge is 0.347 e. The van der Waals surface area contributed by atoms with Crippen molar-refractivity contribution in [1.82, 2.24) is 14.5 Å². The van der Waals surface area contributed by atoms with Crippen LogP contribution in [-0.4, -0.2) is 41.2 Å². The predicted octanol–water partition coefficient (Wildman–Crippen LogP) is 4.55. The summed E-state index contributed by atoms with van der Waals surface area (Å²) < 4.78 is 36.6. The molecule has 7 nitrogen and oxygen atoms in total. The van der Waals surface area contributed by atoms with E-state index in [-0.39, 0.29) is 29.1 Å². The van der Waals surface area contributed by atoms with E-state index >= 15 is 0 Å². The topological polar surface area (TPSA) is 96.5 Å². The van der Waals surface area contributed by atoms with Crippen molar-refractivity contribution in [3.8, 4) is 5.69 Å². The zero-order valence-electron chi connectivity index (χ0n) is 18.3. The molecule has 1 amide bonds. The molecular weight excluding hydrogens is 433 g/mol. The lowest BCUT2D eigenvalue weighted by Crippen LogP contribution is -2.50. The first kappa shape index (κ1) is 22.6. The number of hydrogen-bond acceptors (Lipinski definition) is 4. The molecule has 0 aliphatic carbocycles. The Balaban J connectivity index is 1.73. The molecule has 1 fully saturated rings. The van der Waals surface area contributed by atoms with Gasteiger partial charge < -0.3 is 5.32 Å². The van der Waals surface area contributed by atoms with Crippen LogP contribution in [0.3, 0.4) is 0 Å². The Kier molecular flexibility index (Phi) is 5.68. The maximum atomic E-state index is 13.8. The minimum Gasteiger partial charge on any atom is -0.347 e. The lowest BCUT2D eigenvalue weighted by molar-refractivity contribution is 0.0898. The highest BCUT2D eigenvalue weighted by Crippen LogP contribution is 2.46. The van der Waals surface area contributed by atoms with Crippen LogP contribution >= 0.6 is 10.6 Å². The van der Waals surface area contributed by atoms with Crippen LogP contribution in [0, 0.1) is 5.82 Å². The first-order valence-electron chi connectivity index (χ1n) is 10.6. The van der Waals surface area contributed by atoms with Crippen molar-refractivity contribution in [1.29, 1.82) is 0 Å². The Bertz CT molecular complexity index is 1240. The van der Waals surface area contributed by atoms with Crippen molar-refractivity contribution in [2.75, 3.05) is 11.5 Å². The van der Waals surface area contributed by atoms with Crippen LogP contribution in [-0.2, 0) is 0 Å². The normalized spacial score (nSPS) is 18.6. The number of imidazole rings is 1. The first-order chi connectivity index (χ1) is 15.0. The molecule has 0 atom stereocenters. The summed E-state index contributed by atoms with van der Waals surface area (Å²) in [5.74, 6) is -0.180. The van der Waals surface area contributed by atoms with Crippen molar-refractivity contribution in [2.24, 2.45) is 0 Å². The summed E-state index contributed by atoms with van der Waals surface area (Å²) in [5.41, 5.74) is 1.17. The van der Waals surface area contributed by atoms with Crippen LogP contribution in [0.15, 0.2) is 47.3 Å². The van der Waals surface area contributed by atoms with Gasteiger partial charge in [-0.15, -0.1) is 0 Å². The van der Waals surface area contributed by atoms with Crippen molar-refractivity contribution in [2.45, 2.75) is 45.2 Å². The van der Waals surface area contributed by atoms with Gasteiger partial charge in [0.25, 0.3) is 5.91 Å². The number of amides is 1. The lowest BCUT2D eigenvalue weighted by atomic mass is 9.94. The average molecular weight is 462 g/mol. The molecular formula is C23H28FN3O4S. The third-order valence-corrected chi connectivity index (χ3v) is 7.81. The second-order valence-corrected chi connectivity index (χ2v) is 11.4. The Hall–Kier alpha value is -2.62. The van der Waals surface area contributed by atoms with Crippen LogP contribution < -0.4 is 11.0 Å². The number of halogens is 1. The summed E-state index contributed by atoms with van der Waals surface area (Å²) in [6.07, 6.45) is 0.964. The Morgan fingerprint density at radius 1 is 1.12 bits per heavy atom. The summed E-state index contributed by atoms with van der Waals surface area (Å²) in [6, 6.07) is 10.7. The number of nitrogens with zero attached hydrogens (tertiary/aromatic N) is 2. The van der Waals surface area contributed by atoms with Gasteiger partial charge in [-0.25, -0.2) is 9.18 Å². The molecule has 32 heavy (non-hydrogen) atoms. The van der Waals surface area contributed by atoms with Gasteiger partial charge in [-0.1, -0.05) is 6.07 Å². The number of benzene rings is 2. The standard InChI is InChI=1S/C23H28FN3O4S/c1-15(2)26-20-13-16(21(28)25-23(3)9-11-32(30,31)12-10-23)7-8-19(20)27(22(26)29)18-6-4-5-17(24)14-18/h4-8,13-15,30-31H,9-12H2,1-3H3,(H,25,28). The van der Waals surface area contributed by atoms with E-state index in [1.165, 1.54) is 16.7 Å². The second-order valence-electron chi connectivity index (χ2n) is 8.99. The number of carbonyl (C=O) groups is 1. The molecule has 0 radical (unpaired) electrons. The number of hydrogen-bond donors (Lipinski definition) is 3. The Morgan fingerprint density at radius 2 is 1.81 bits per heavy atom. The van der Waals surface area contributed by atoms with Crippen molar-refractivity contribution >= 4 is 27.5 Å². The van der Waals surface area contributed by atoms with E-state index in [2.05, 4.69) is 5.32 Å². The smallest absolute Gasteiger partial charge is 0.333 e. The van der Waals surface area contributed by atoms with Gasteiger partial charge in [0.1, 0.15) is 5.82 Å². The molecule has 172 valence electrons. The van der Waals surface area contributed by atoms with Gasteiger partial charge in [0.05, 0.1) is 16.7 Å². The summed E-state index contributed by atoms with van der Waals surface area (Å²) >= 11 is 0. The summed E-state index contributed by atoms with van der Waals surface area (Å²) in [5, 5.41) is 3.03. The molecule has 1 aromatic heterocycles. The summed E-state index contributed by atoms with van der Waals surface area (Å²) in [4.78, 5) is 26.2. The predicted molar refractivity (Wildman–Crippen MR) is 126 cm³/mol. The fraction of sp³-hybridized carbons (Fsp3) is 0.391. The van der Waals surface area contributed by atoms with E-state index in [1.807, 2.05) is 20.8 Å². The molecule has 0 saturated carbocycles. The van der Waals surface area contributed by atoms with E-state index in [0.717, 1.165) is 0 Å². The fourth-order valence-corrected chi connectivity index (χ4v) is 5.96. The molecule has 2 aromatic carbocycles. The Labute approximate surface area is 187 Å². The van der Waals surface area contributed by atoms with Crippen molar-refractivity contribution < 1.29 is 18.3 Å². The van der Waals surface area contributed by atoms with E-state index < -0.39 is 21.9 Å². The zero-order chi connectivity index (χ0) is 23.3. The maximum Gasteiger partial charge on any atom is 0.333 e. The molecule has 3 N–H and O–H groups in total. The van der Waals surface area contributed by atoms with Crippen LogP contribution in [0.2, 0.25) is 0 Å². The van der Waals surface area contributed by atoms with Crippen LogP contribution in [0.4, 0.5) is 4.39 Å². The summed E-state index contributed by atoms with van der Waals surface area (Å²) in [6.45, 7) is 5.67. The van der Waals surface area contributed by atoms with E-state index in [9.17, 15) is 23.1 Å². The van der Waals surface area contributed by atoms with Gasteiger partial charge >= 0.3 is 5.69 Å². The SMILES string of the molecule is CC(C)n1c(=O)n(-c2cccc(F)c2)c2ccc(C(=O)NC3(C)CCS(O)(O)CC3)cc21. The van der Waals surface area contributed by atoms with Gasteiger partial charge in [-0.05, 0) is 70.0 Å². The number of carbonyl (C=O) groups excluding carboxylic acids is 1. The molecule has 4 rings (SSSR count). The third-order valence-electron chi connectivity index (χ3n) is 6.10. The molecule has 1 aliphatic heterocycles. The molecule has 9 heteroatoms. The van der Waals surface area contributed by atoms with Gasteiger partial charge in [0.15, 0.2) is 0 Å². The quantitative estimate of drug-likeness (QED) is 0.531. The summed E-state index contributed by atoms with van der Waals surface area (Å²) in [7, 11) is -2.55. The molecule has 2 heterocycles.